The van der Waals surface area contributed by atoms with Gasteiger partial charge in [-0.1, -0.05) is 6.07 Å². The minimum atomic E-state index is -0.864. The van der Waals surface area contributed by atoms with Gasteiger partial charge in [0.15, 0.2) is 0 Å². The van der Waals surface area contributed by atoms with Crippen LogP contribution in [0.2, 0.25) is 0 Å². The topological polar surface area (TPSA) is 53.1 Å². The average molecular weight is 247 g/mol. The Morgan fingerprint density at radius 2 is 2.22 bits per heavy atom. The first-order valence-corrected chi connectivity index (χ1v) is 6.02. The summed E-state index contributed by atoms with van der Waals surface area (Å²) >= 11 is 0. The van der Waals surface area contributed by atoms with Gasteiger partial charge in [-0.2, -0.15) is 0 Å². The molecule has 3 nitrogen and oxygen atoms in total. The fraction of sp³-hybridized carbons (Fsp3) is 0.357. The summed E-state index contributed by atoms with van der Waals surface area (Å²) < 4.78 is 14.5. The number of aromatic amines is 1. The molecule has 4 heteroatoms. The summed E-state index contributed by atoms with van der Waals surface area (Å²) in [6.45, 7) is 1.88. The fourth-order valence-corrected chi connectivity index (χ4v) is 2.70. The number of benzene rings is 1. The summed E-state index contributed by atoms with van der Waals surface area (Å²) in [7, 11) is 0. The van der Waals surface area contributed by atoms with Crippen LogP contribution in [0.1, 0.15) is 30.5 Å². The number of carboxylic acids is 1. The van der Waals surface area contributed by atoms with Crippen LogP contribution in [0.25, 0.3) is 10.9 Å². The van der Waals surface area contributed by atoms with Gasteiger partial charge in [-0.25, -0.2) is 4.39 Å². The average Bonchev–Trinajstić information content (AvgIpc) is 2.92. The molecule has 0 amide bonds. The second kappa shape index (κ2) is 3.57. The van der Waals surface area contributed by atoms with Crippen LogP contribution in [0.3, 0.4) is 0 Å². The molecule has 1 fully saturated rings. The molecule has 1 aromatic heterocycles. The van der Waals surface area contributed by atoms with Crippen molar-refractivity contribution < 1.29 is 14.3 Å². The van der Waals surface area contributed by atoms with Gasteiger partial charge in [0.05, 0.1) is 6.42 Å². The van der Waals surface area contributed by atoms with E-state index in [9.17, 15) is 9.18 Å². The first-order valence-electron chi connectivity index (χ1n) is 6.02. The van der Waals surface area contributed by atoms with Gasteiger partial charge in [0.25, 0.3) is 0 Å². The largest absolute Gasteiger partial charge is 0.481 e. The Balaban J connectivity index is 2.12. The maximum atomic E-state index is 14.5. The molecule has 1 aromatic carbocycles. The Labute approximate surface area is 104 Å². The normalized spacial score (nSPS) is 17.0. The number of nitrogens with one attached hydrogen (secondary N) is 1. The second-order valence-electron chi connectivity index (χ2n) is 5.19. The summed E-state index contributed by atoms with van der Waals surface area (Å²) in [6, 6.07) is 5.33. The lowest BCUT2D eigenvalue weighted by Gasteiger charge is -2.14. The predicted octanol–water partition coefficient (Wildman–Crippen LogP) is 3.12. The lowest BCUT2D eigenvalue weighted by atomic mass is 9.91. The third kappa shape index (κ3) is 1.60. The van der Waals surface area contributed by atoms with Crippen LogP contribution in [0.4, 0.5) is 4.39 Å². The molecule has 18 heavy (non-hydrogen) atoms. The van der Waals surface area contributed by atoms with Gasteiger partial charge in [0, 0.05) is 22.0 Å². The van der Waals surface area contributed by atoms with Gasteiger partial charge >= 0.3 is 5.97 Å². The molecule has 0 bridgehead atoms. The Hall–Kier alpha value is -1.84. The van der Waals surface area contributed by atoms with Gasteiger partial charge in [0.1, 0.15) is 5.82 Å². The van der Waals surface area contributed by atoms with E-state index in [1.165, 1.54) is 0 Å². The molecule has 1 heterocycles. The number of aliphatic carboxylic acids is 1. The molecule has 0 radical (unpaired) electrons. The Morgan fingerprint density at radius 3 is 2.83 bits per heavy atom. The summed E-state index contributed by atoms with van der Waals surface area (Å²) in [5, 5.41) is 9.49. The number of carbonyl (C=O) groups is 1. The maximum Gasteiger partial charge on any atom is 0.304 e. The van der Waals surface area contributed by atoms with E-state index in [0.717, 1.165) is 24.1 Å². The monoisotopic (exact) mass is 247 g/mol. The van der Waals surface area contributed by atoms with Gasteiger partial charge < -0.3 is 10.1 Å². The van der Waals surface area contributed by atoms with E-state index in [2.05, 4.69) is 4.98 Å². The highest BCUT2D eigenvalue weighted by Crippen LogP contribution is 2.52. The van der Waals surface area contributed by atoms with Crippen molar-refractivity contribution in [2.75, 3.05) is 0 Å². The highest BCUT2D eigenvalue weighted by atomic mass is 19.1. The van der Waals surface area contributed by atoms with Crippen LogP contribution in [0.5, 0.6) is 0 Å². The zero-order chi connectivity index (χ0) is 12.9. The van der Waals surface area contributed by atoms with Crippen LogP contribution in [0.15, 0.2) is 18.2 Å². The smallest absolute Gasteiger partial charge is 0.304 e. The first kappa shape index (κ1) is 11.3. The lowest BCUT2D eigenvalue weighted by molar-refractivity contribution is -0.137. The molecular weight excluding hydrogens is 233 g/mol. The van der Waals surface area contributed by atoms with Gasteiger partial charge in [0.2, 0.25) is 0 Å². The van der Waals surface area contributed by atoms with E-state index < -0.39 is 11.4 Å². The second-order valence-corrected chi connectivity index (χ2v) is 5.19. The molecule has 2 N–H and O–H groups in total. The molecule has 0 atom stereocenters. The number of rotatable bonds is 3. The fourth-order valence-electron chi connectivity index (χ4n) is 2.70. The molecular formula is C14H14FNO2. The van der Waals surface area contributed by atoms with Crippen LogP contribution >= 0.6 is 0 Å². The van der Waals surface area contributed by atoms with Crippen molar-refractivity contribution in [2.24, 2.45) is 0 Å². The highest BCUT2D eigenvalue weighted by Gasteiger charge is 2.47. The zero-order valence-electron chi connectivity index (χ0n) is 10.1. The Bertz CT molecular complexity index is 641. The van der Waals surface area contributed by atoms with Crippen molar-refractivity contribution >= 4 is 16.9 Å². The summed E-state index contributed by atoms with van der Waals surface area (Å²) in [5.74, 6) is -1.13. The van der Waals surface area contributed by atoms with Crippen molar-refractivity contribution in [2.45, 2.75) is 31.6 Å². The lowest BCUT2D eigenvalue weighted by Crippen LogP contribution is -2.14. The molecule has 0 saturated heterocycles. The third-order valence-corrected chi connectivity index (χ3v) is 3.79. The minimum absolute atomic E-state index is 0.0127. The van der Waals surface area contributed by atoms with Crippen LogP contribution in [0, 0.1) is 12.7 Å². The number of fused-ring (bicyclic) bond motifs is 1. The maximum absolute atomic E-state index is 14.5. The molecule has 2 aromatic rings. The van der Waals surface area contributed by atoms with E-state index in [0.29, 0.717) is 10.9 Å². The molecule has 94 valence electrons. The van der Waals surface area contributed by atoms with Gasteiger partial charge in [-0.05, 0) is 37.5 Å². The molecule has 1 aliphatic rings. The van der Waals surface area contributed by atoms with Crippen molar-refractivity contribution in [3.05, 3.63) is 35.3 Å². The molecule has 1 saturated carbocycles. The van der Waals surface area contributed by atoms with Crippen LogP contribution < -0.4 is 0 Å². The molecule has 0 spiro atoms. The minimum Gasteiger partial charge on any atom is -0.481 e. The first-order chi connectivity index (χ1) is 8.52. The van der Waals surface area contributed by atoms with Crippen molar-refractivity contribution in [1.82, 2.24) is 4.98 Å². The number of hydrogen-bond donors (Lipinski definition) is 2. The van der Waals surface area contributed by atoms with Gasteiger partial charge in [-0.3, -0.25) is 4.79 Å². The number of hydrogen-bond acceptors (Lipinski definition) is 1. The molecule has 0 unspecified atom stereocenters. The number of aromatic nitrogens is 1. The number of aryl methyl sites for hydroxylation is 1. The quantitative estimate of drug-likeness (QED) is 0.875. The summed E-state index contributed by atoms with van der Waals surface area (Å²) in [4.78, 5) is 14.0. The molecule has 1 aliphatic carbocycles. The van der Waals surface area contributed by atoms with Crippen LogP contribution in [-0.4, -0.2) is 16.1 Å². The standard InChI is InChI=1S/C14H14FNO2/c1-8-6-9-11(16-8)3-2-10(13(9)15)14(4-5-14)7-12(17)18/h2-3,6,16H,4-5,7H2,1H3,(H,17,18). The summed E-state index contributed by atoms with van der Waals surface area (Å²) in [6.07, 6.45) is 1.52. The van der Waals surface area contributed by atoms with E-state index in [-0.39, 0.29) is 12.2 Å². The number of carboxylic acid groups (broad SMARTS) is 1. The Kier molecular flexibility index (Phi) is 2.24. The SMILES string of the molecule is Cc1cc2c(F)c(C3(CC(=O)O)CC3)ccc2[nH]1. The Morgan fingerprint density at radius 1 is 1.50 bits per heavy atom. The van der Waals surface area contributed by atoms with Crippen LogP contribution in [-0.2, 0) is 10.2 Å². The number of halogens is 1. The van der Waals surface area contributed by atoms with E-state index in [4.69, 9.17) is 5.11 Å². The predicted molar refractivity (Wildman–Crippen MR) is 66.2 cm³/mol. The van der Waals surface area contributed by atoms with E-state index in [1.807, 2.05) is 13.0 Å². The van der Waals surface area contributed by atoms with E-state index in [1.54, 1.807) is 12.1 Å². The van der Waals surface area contributed by atoms with Crippen molar-refractivity contribution in [1.29, 1.82) is 0 Å². The van der Waals surface area contributed by atoms with E-state index >= 15 is 0 Å². The van der Waals surface area contributed by atoms with Gasteiger partial charge in [-0.15, -0.1) is 0 Å². The highest BCUT2D eigenvalue weighted by molar-refractivity contribution is 5.83. The molecule has 3 rings (SSSR count). The number of H-pyrrole nitrogens is 1. The third-order valence-electron chi connectivity index (χ3n) is 3.79. The van der Waals surface area contributed by atoms with Crippen molar-refractivity contribution in [3.63, 3.8) is 0 Å². The zero-order valence-corrected chi connectivity index (χ0v) is 10.1. The van der Waals surface area contributed by atoms with Crippen molar-refractivity contribution in [3.8, 4) is 0 Å². The molecule has 0 aliphatic heterocycles. The summed E-state index contributed by atoms with van der Waals surface area (Å²) in [5.41, 5.74) is 1.75.